The quantitative estimate of drug-likeness (QED) is 0.387. The molecule has 0 heterocycles. The van der Waals surface area contributed by atoms with Gasteiger partial charge >= 0.3 is 6.16 Å². The number of carbonyl (C=O) groups is 1. The average molecular weight is 373 g/mol. The van der Waals surface area contributed by atoms with Gasteiger partial charge in [-0.2, -0.15) is 0 Å². The molecule has 0 aliphatic heterocycles. The van der Waals surface area contributed by atoms with Gasteiger partial charge in [-0.1, -0.05) is 71.0 Å². The summed E-state index contributed by atoms with van der Waals surface area (Å²) in [7, 11) is 0. The van der Waals surface area contributed by atoms with Crippen LogP contribution in [0.15, 0.2) is 43.0 Å². The predicted octanol–water partition coefficient (Wildman–Crippen LogP) is 6.87. The van der Waals surface area contributed by atoms with Gasteiger partial charge < -0.3 is 9.47 Å². The van der Waals surface area contributed by atoms with Crippen molar-refractivity contribution >= 4 is 6.16 Å². The standard InChI is InChI=1S/C24H36O3/c1-7-15-24(19(4)5,20-12-9-8-10-13-20)27-22(25)26-21-14-11-16-23(6,17-21)18(2)3/h7-10,12-13,18-19,21H,1,11,14-17H2,2-6H3. The fourth-order valence-corrected chi connectivity index (χ4v) is 4.23. The van der Waals surface area contributed by atoms with Gasteiger partial charge in [0.1, 0.15) is 11.7 Å². The zero-order valence-electron chi connectivity index (χ0n) is 17.7. The van der Waals surface area contributed by atoms with Gasteiger partial charge in [0.05, 0.1) is 0 Å². The summed E-state index contributed by atoms with van der Waals surface area (Å²) < 4.78 is 11.8. The van der Waals surface area contributed by atoms with Crippen LogP contribution in [-0.2, 0) is 15.1 Å². The molecule has 1 aromatic carbocycles. The number of benzene rings is 1. The Bertz CT molecular complexity index is 622. The van der Waals surface area contributed by atoms with Gasteiger partial charge in [0.15, 0.2) is 0 Å². The van der Waals surface area contributed by atoms with E-state index < -0.39 is 11.8 Å². The molecule has 0 amide bonds. The zero-order chi connectivity index (χ0) is 20.1. The molecule has 3 unspecified atom stereocenters. The normalized spacial score (nSPS) is 25.1. The molecule has 1 aromatic rings. The number of ether oxygens (including phenoxy) is 2. The summed E-state index contributed by atoms with van der Waals surface area (Å²) in [5.74, 6) is 0.664. The molecule has 3 nitrogen and oxygen atoms in total. The minimum atomic E-state index is -0.754. The second kappa shape index (κ2) is 8.95. The molecule has 1 fully saturated rings. The van der Waals surface area contributed by atoms with E-state index in [9.17, 15) is 4.79 Å². The van der Waals surface area contributed by atoms with E-state index in [1.165, 1.54) is 6.42 Å². The smallest absolute Gasteiger partial charge is 0.431 e. The minimum absolute atomic E-state index is 0.0667. The van der Waals surface area contributed by atoms with Crippen molar-refractivity contribution in [1.29, 1.82) is 0 Å². The number of carbonyl (C=O) groups excluding carboxylic acids is 1. The molecular weight excluding hydrogens is 336 g/mol. The van der Waals surface area contributed by atoms with E-state index in [2.05, 4.69) is 41.2 Å². The topological polar surface area (TPSA) is 35.5 Å². The first kappa shape index (κ1) is 21.5. The van der Waals surface area contributed by atoms with Crippen molar-refractivity contribution in [3.05, 3.63) is 48.6 Å². The molecule has 0 radical (unpaired) electrons. The Labute approximate surface area is 165 Å². The Morgan fingerprint density at radius 3 is 2.52 bits per heavy atom. The monoisotopic (exact) mass is 372 g/mol. The lowest BCUT2D eigenvalue weighted by molar-refractivity contribution is -0.0884. The van der Waals surface area contributed by atoms with Crippen molar-refractivity contribution in [2.24, 2.45) is 17.3 Å². The van der Waals surface area contributed by atoms with Crippen LogP contribution in [-0.4, -0.2) is 12.3 Å². The third-order valence-electron chi connectivity index (χ3n) is 6.53. The maximum atomic E-state index is 12.8. The van der Waals surface area contributed by atoms with Crippen LogP contribution in [0, 0.1) is 17.3 Å². The highest BCUT2D eigenvalue weighted by atomic mass is 16.7. The minimum Gasteiger partial charge on any atom is -0.431 e. The van der Waals surface area contributed by atoms with E-state index in [4.69, 9.17) is 9.47 Å². The second-order valence-electron chi connectivity index (χ2n) is 8.90. The maximum Gasteiger partial charge on any atom is 0.509 e. The van der Waals surface area contributed by atoms with Crippen LogP contribution in [0.2, 0.25) is 0 Å². The van der Waals surface area contributed by atoms with Gasteiger partial charge in [-0.3, -0.25) is 0 Å². The predicted molar refractivity (Wildman–Crippen MR) is 111 cm³/mol. The Hall–Kier alpha value is -1.77. The van der Waals surface area contributed by atoms with E-state index >= 15 is 0 Å². The molecule has 2 rings (SSSR count). The van der Waals surface area contributed by atoms with Gasteiger partial charge in [-0.25, -0.2) is 4.79 Å². The van der Waals surface area contributed by atoms with Crippen molar-refractivity contribution < 1.29 is 14.3 Å². The fourth-order valence-electron chi connectivity index (χ4n) is 4.23. The maximum absolute atomic E-state index is 12.8. The molecule has 0 spiro atoms. The zero-order valence-corrected chi connectivity index (χ0v) is 17.7. The van der Waals surface area contributed by atoms with Crippen LogP contribution >= 0.6 is 0 Å². The second-order valence-corrected chi connectivity index (χ2v) is 8.90. The summed E-state index contributed by atoms with van der Waals surface area (Å²) >= 11 is 0. The SMILES string of the molecule is C=CCC(OC(=O)OC1CCCC(C)(C(C)C)C1)(c1ccccc1)C(C)C. The van der Waals surface area contributed by atoms with E-state index in [0.29, 0.717) is 12.3 Å². The van der Waals surface area contributed by atoms with Crippen LogP contribution in [0.5, 0.6) is 0 Å². The Morgan fingerprint density at radius 1 is 1.30 bits per heavy atom. The van der Waals surface area contributed by atoms with Crippen LogP contribution in [0.3, 0.4) is 0 Å². The first-order valence-electron chi connectivity index (χ1n) is 10.3. The van der Waals surface area contributed by atoms with E-state index in [1.54, 1.807) is 0 Å². The van der Waals surface area contributed by atoms with Crippen LogP contribution in [0.4, 0.5) is 4.79 Å². The first-order chi connectivity index (χ1) is 12.7. The lowest BCUT2D eigenvalue weighted by Crippen LogP contribution is -2.40. The largest absolute Gasteiger partial charge is 0.509 e. The van der Waals surface area contributed by atoms with Gasteiger partial charge in [0.2, 0.25) is 0 Å². The van der Waals surface area contributed by atoms with Crippen molar-refractivity contribution in [3.8, 4) is 0 Å². The van der Waals surface area contributed by atoms with E-state index in [-0.39, 0.29) is 17.4 Å². The summed E-state index contributed by atoms with van der Waals surface area (Å²) in [6.07, 6.45) is 5.84. The summed E-state index contributed by atoms with van der Waals surface area (Å²) in [5, 5.41) is 0. The molecule has 0 N–H and O–H groups in total. The lowest BCUT2D eigenvalue weighted by Gasteiger charge is -2.41. The van der Waals surface area contributed by atoms with Crippen LogP contribution in [0.25, 0.3) is 0 Å². The molecule has 150 valence electrons. The van der Waals surface area contributed by atoms with Gasteiger partial charge in [-0.05, 0) is 48.5 Å². The van der Waals surface area contributed by atoms with Gasteiger partial charge in [0.25, 0.3) is 0 Å². The average Bonchev–Trinajstić information content (AvgIpc) is 2.61. The highest BCUT2D eigenvalue weighted by Gasteiger charge is 2.41. The Kier molecular flexibility index (Phi) is 7.13. The molecule has 0 saturated heterocycles. The third kappa shape index (κ3) is 4.94. The highest BCUT2D eigenvalue weighted by Crippen LogP contribution is 2.43. The number of rotatable bonds is 7. The van der Waals surface area contributed by atoms with E-state index in [1.807, 2.05) is 36.4 Å². The van der Waals surface area contributed by atoms with E-state index in [0.717, 1.165) is 24.8 Å². The Morgan fingerprint density at radius 2 is 1.96 bits per heavy atom. The van der Waals surface area contributed by atoms with Crippen molar-refractivity contribution in [2.75, 3.05) is 0 Å². The third-order valence-corrected chi connectivity index (χ3v) is 6.53. The highest BCUT2D eigenvalue weighted by molar-refractivity contribution is 5.61. The van der Waals surface area contributed by atoms with Crippen molar-refractivity contribution in [3.63, 3.8) is 0 Å². The molecule has 1 saturated carbocycles. The van der Waals surface area contributed by atoms with Crippen molar-refractivity contribution in [2.45, 2.75) is 78.4 Å². The number of hydrogen-bond donors (Lipinski definition) is 0. The number of hydrogen-bond acceptors (Lipinski definition) is 3. The lowest BCUT2D eigenvalue weighted by atomic mass is 9.67. The molecule has 27 heavy (non-hydrogen) atoms. The molecule has 1 aliphatic rings. The Balaban J connectivity index is 2.15. The molecule has 3 atom stereocenters. The summed E-state index contributed by atoms with van der Waals surface area (Å²) in [6, 6.07) is 9.93. The fraction of sp³-hybridized carbons (Fsp3) is 0.625. The molecule has 3 heteroatoms. The van der Waals surface area contributed by atoms with Gasteiger partial charge in [-0.15, -0.1) is 6.58 Å². The van der Waals surface area contributed by atoms with Crippen molar-refractivity contribution in [1.82, 2.24) is 0 Å². The van der Waals surface area contributed by atoms with Crippen LogP contribution in [0.1, 0.15) is 72.3 Å². The van der Waals surface area contributed by atoms with Gasteiger partial charge in [0, 0.05) is 6.42 Å². The summed E-state index contributed by atoms with van der Waals surface area (Å²) in [5.41, 5.74) is 0.446. The first-order valence-corrected chi connectivity index (χ1v) is 10.3. The molecule has 0 aromatic heterocycles. The molecule has 0 bridgehead atoms. The molecule has 1 aliphatic carbocycles. The molecular formula is C24H36O3. The summed E-state index contributed by atoms with van der Waals surface area (Å²) in [4.78, 5) is 12.8. The van der Waals surface area contributed by atoms with Crippen LogP contribution < -0.4 is 0 Å². The summed E-state index contributed by atoms with van der Waals surface area (Å²) in [6.45, 7) is 14.8.